The first-order valence-electron chi connectivity index (χ1n) is 6.80. The summed E-state index contributed by atoms with van der Waals surface area (Å²) in [5.74, 6) is 0. The van der Waals surface area contributed by atoms with Crippen LogP contribution in [0.25, 0.3) is 0 Å². The summed E-state index contributed by atoms with van der Waals surface area (Å²) >= 11 is 3.12. The van der Waals surface area contributed by atoms with Crippen LogP contribution in [0.1, 0.15) is 30.6 Å². The lowest BCUT2D eigenvalue weighted by molar-refractivity contribution is 0.300. The molecule has 1 saturated carbocycles. The lowest BCUT2D eigenvalue weighted by atomic mass is 9.96. The van der Waals surface area contributed by atoms with E-state index in [0.29, 0.717) is 15.9 Å². The molecular weight excluding hydrogens is 314 g/mol. The van der Waals surface area contributed by atoms with Gasteiger partial charge in [0.2, 0.25) is 10.0 Å². The normalized spacial score (nSPS) is 23.9. The third-order valence-electron chi connectivity index (χ3n) is 3.59. The Morgan fingerprint density at radius 1 is 1.35 bits per heavy atom. The smallest absolute Gasteiger partial charge is 0.250 e. The third-order valence-corrected chi connectivity index (χ3v) is 7.88. The highest BCUT2D eigenvalue weighted by Crippen LogP contribution is 2.28. The summed E-state index contributed by atoms with van der Waals surface area (Å²) in [4.78, 5) is 0.902. The second-order valence-corrected chi connectivity index (χ2v) is 9.27. The van der Waals surface area contributed by atoms with E-state index in [1.165, 1.54) is 11.3 Å². The average molecular weight is 336 g/mol. The molecule has 0 bridgehead atoms. The number of sulfonamides is 1. The van der Waals surface area contributed by atoms with E-state index in [9.17, 15) is 8.42 Å². The first-order chi connectivity index (χ1) is 9.55. The van der Waals surface area contributed by atoms with E-state index in [0.717, 1.165) is 30.6 Å². The molecule has 0 aliphatic heterocycles. The number of thiophene rings is 1. The van der Waals surface area contributed by atoms with Gasteiger partial charge in [0.05, 0.1) is 0 Å². The van der Waals surface area contributed by atoms with Crippen molar-refractivity contribution in [1.82, 2.24) is 4.72 Å². The number of thioether (sulfide) groups is 1. The largest absolute Gasteiger partial charge is 0.396 e. The van der Waals surface area contributed by atoms with Crippen LogP contribution in [0.15, 0.2) is 16.3 Å². The molecule has 1 aromatic rings. The van der Waals surface area contributed by atoms with E-state index in [1.807, 2.05) is 11.8 Å². The lowest BCUT2D eigenvalue weighted by Crippen LogP contribution is -2.37. The van der Waals surface area contributed by atoms with Crippen LogP contribution in [0.2, 0.25) is 0 Å². The molecule has 0 atom stereocenters. The fourth-order valence-electron chi connectivity index (χ4n) is 2.44. The maximum Gasteiger partial charge on any atom is 0.250 e. The fraction of sp³-hybridized carbons (Fsp3) is 0.692. The Hall–Kier alpha value is -0.0800. The van der Waals surface area contributed by atoms with Gasteiger partial charge in [-0.15, -0.1) is 11.3 Å². The number of aliphatic hydroxyl groups is 1. The molecular formula is C13H21NO3S3. The topological polar surface area (TPSA) is 66.4 Å². The van der Waals surface area contributed by atoms with E-state index < -0.39 is 10.0 Å². The summed E-state index contributed by atoms with van der Waals surface area (Å²) in [6, 6.07) is 3.47. The quantitative estimate of drug-likeness (QED) is 0.837. The Labute approximate surface area is 129 Å². The Kier molecular flexibility index (Phi) is 5.92. The molecule has 1 aliphatic carbocycles. The zero-order valence-corrected chi connectivity index (χ0v) is 14.0. The highest BCUT2D eigenvalue weighted by Gasteiger charge is 2.26. The highest BCUT2D eigenvalue weighted by atomic mass is 32.2. The highest BCUT2D eigenvalue weighted by molar-refractivity contribution is 7.99. The van der Waals surface area contributed by atoms with Gasteiger partial charge in [0.25, 0.3) is 0 Å². The van der Waals surface area contributed by atoms with Crippen molar-refractivity contribution < 1.29 is 13.5 Å². The molecule has 1 heterocycles. The van der Waals surface area contributed by atoms with Gasteiger partial charge in [0, 0.05) is 29.2 Å². The van der Waals surface area contributed by atoms with Crippen molar-refractivity contribution in [2.24, 2.45) is 0 Å². The van der Waals surface area contributed by atoms with Gasteiger partial charge < -0.3 is 5.11 Å². The predicted molar refractivity (Wildman–Crippen MR) is 85.0 cm³/mol. The summed E-state index contributed by atoms with van der Waals surface area (Å²) in [6.45, 7) is 0.0477. The van der Waals surface area contributed by atoms with Crippen LogP contribution >= 0.6 is 23.1 Å². The van der Waals surface area contributed by atoms with Gasteiger partial charge >= 0.3 is 0 Å². The van der Waals surface area contributed by atoms with Gasteiger partial charge in [-0.2, -0.15) is 11.8 Å². The van der Waals surface area contributed by atoms with Gasteiger partial charge in [-0.05, 0) is 44.1 Å². The van der Waals surface area contributed by atoms with Crippen molar-refractivity contribution in [3.05, 3.63) is 17.0 Å². The van der Waals surface area contributed by atoms with Crippen molar-refractivity contribution in [1.29, 1.82) is 0 Å². The van der Waals surface area contributed by atoms with Gasteiger partial charge in [-0.3, -0.25) is 0 Å². The Balaban J connectivity index is 1.96. The van der Waals surface area contributed by atoms with Crippen LogP contribution in [0.4, 0.5) is 0 Å². The van der Waals surface area contributed by atoms with E-state index in [2.05, 4.69) is 11.0 Å². The lowest BCUT2D eigenvalue weighted by Gasteiger charge is -2.27. The molecule has 0 spiro atoms. The Morgan fingerprint density at radius 3 is 2.65 bits per heavy atom. The minimum atomic E-state index is -3.40. The molecule has 0 amide bonds. The average Bonchev–Trinajstić information content (AvgIpc) is 2.89. The van der Waals surface area contributed by atoms with E-state index >= 15 is 0 Å². The number of hydrogen-bond donors (Lipinski definition) is 2. The van der Waals surface area contributed by atoms with Crippen molar-refractivity contribution in [3.8, 4) is 0 Å². The number of hydrogen-bond acceptors (Lipinski definition) is 5. The summed E-state index contributed by atoms with van der Waals surface area (Å²) in [5.41, 5.74) is 0. The van der Waals surface area contributed by atoms with Gasteiger partial charge in [0.1, 0.15) is 4.21 Å². The van der Waals surface area contributed by atoms with Gasteiger partial charge in [0.15, 0.2) is 0 Å². The van der Waals surface area contributed by atoms with Crippen LogP contribution in [0, 0.1) is 0 Å². The molecule has 0 saturated heterocycles. The molecule has 7 heteroatoms. The first kappa shape index (κ1) is 16.3. The molecule has 114 valence electrons. The van der Waals surface area contributed by atoms with Crippen molar-refractivity contribution >= 4 is 33.1 Å². The predicted octanol–water partition coefficient (Wildman–Crippen LogP) is 2.24. The molecule has 1 aromatic heterocycles. The van der Waals surface area contributed by atoms with Crippen LogP contribution in [0.3, 0.4) is 0 Å². The first-order valence-corrected chi connectivity index (χ1v) is 10.4. The van der Waals surface area contributed by atoms with E-state index in [-0.39, 0.29) is 12.6 Å². The van der Waals surface area contributed by atoms with Crippen LogP contribution in [-0.2, 0) is 16.4 Å². The molecule has 1 fully saturated rings. The summed E-state index contributed by atoms with van der Waals surface area (Å²) in [5, 5.41) is 9.56. The summed E-state index contributed by atoms with van der Waals surface area (Å²) < 4.78 is 27.8. The maximum absolute atomic E-state index is 12.3. The molecule has 2 rings (SSSR count). The number of nitrogens with one attached hydrogen (secondary N) is 1. The third kappa shape index (κ3) is 4.21. The zero-order chi connectivity index (χ0) is 14.6. The number of aliphatic hydroxyl groups excluding tert-OH is 1. The van der Waals surface area contributed by atoms with Crippen molar-refractivity contribution in [3.63, 3.8) is 0 Å². The second-order valence-electron chi connectivity index (χ2n) is 5.02. The molecule has 4 nitrogen and oxygen atoms in total. The summed E-state index contributed by atoms with van der Waals surface area (Å²) in [7, 11) is -3.40. The fourth-order valence-corrected chi connectivity index (χ4v) is 5.85. The molecule has 1 aliphatic rings. The number of rotatable bonds is 6. The van der Waals surface area contributed by atoms with Crippen LogP contribution in [0.5, 0.6) is 0 Å². The minimum absolute atomic E-state index is 0.0477. The monoisotopic (exact) mass is 335 g/mol. The molecule has 0 radical (unpaired) electrons. The SMILES string of the molecule is CSC1CCC(NS(=O)(=O)c2ccc(CCO)s2)CC1. The molecule has 2 N–H and O–H groups in total. The second kappa shape index (κ2) is 7.26. The van der Waals surface area contributed by atoms with Crippen LogP contribution in [-0.4, -0.2) is 37.7 Å². The standard InChI is InChI=1S/C13H21NO3S3/c1-18-11-4-2-10(3-5-11)14-20(16,17)13-7-6-12(19-13)8-9-15/h6-7,10-11,14-15H,2-5,8-9H2,1H3. The van der Waals surface area contributed by atoms with Crippen molar-refractivity contribution in [2.75, 3.05) is 12.9 Å². The Morgan fingerprint density at radius 2 is 2.05 bits per heavy atom. The Bertz CT molecular complexity index is 519. The van der Waals surface area contributed by atoms with Gasteiger partial charge in [-0.1, -0.05) is 0 Å². The molecule has 20 heavy (non-hydrogen) atoms. The molecule has 0 aromatic carbocycles. The maximum atomic E-state index is 12.3. The zero-order valence-electron chi connectivity index (χ0n) is 11.5. The van der Waals surface area contributed by atoms with E-state index in [1.54, 1.807) is 12.1 Å². The van der Waals surface area contributed by atoms with Gasteiger partial charge in [-0.25, -0.2) is 13.1 Å². The summed E-state index contributed by atoms with van der Waals surface area (Å²) in [6.07, 6.45) is 6.62. The van der Waals surface area contributed by atoms with Crippen molar-refractivity contribution in [2.45, 2.75) is 47.6 Å². The van der Waals surface area contributed by atoms with Crippen LogP contribution < -0.4 is 4.72 Å². The minimum Gasteiger partial charge on any atom is -0.396 e. The van der Waals surface area contributed by atoms with E-state index in [4.69, 9.17) is 5.11 Å². The molecule has 0 unspecified atom stereocenters.